The maximum atomic E-state index is 12.8. The highest BCUT2D eigenvalue weighted by Crippen LogP contribution is 2.30. The van der Waals surface area contributed by atoms with E-state index in [9.17, 15) is 9.18 Å². The van der Waals surface area contributed by atoms with Crippen LogP contribution in [0.4, 0.5) is 4.39 Å². The first-order valence-electron chi connectivity index (χ1n) is 7.32. The molecule has 21 heavy (non-hydrogen) atoms. The average Bonchev–Trinajstić information content (AvgIpc) is 2.96. The van der Waals surface area contributed by atoms with Gasteiger partial charge in [0.25, 0.3) is 0 Å². The zero-order valence-electron chi connectivity index (χ0n) is 12.6. The van der Waals surface area contributed by atoms with Crippen molar-refractivity contribution >= 4 is 17.7 Å². The second-order valence-corrected chi connectivity index (χ2v) is 6.78. The summed E-state index contributed by atoms with van der Waals surface area (Å²) in [5.41, 5.74) is 0.913. The SMILES string of the molecule is CSC1CCC(N(C)CC(=O)NCc2ccc(F)cc2)C1. The molecule has 2 unspecified atom stereocenters. The summed E-state index contributed by atoms with van der Waals surface area (Å²) in [6.45, 7) is 0.873. The molecule has 0 saturated heterocycles. The number of thioether (sulfide) groups is 1. The van der Waals surface area contributed by atoms with E-state index in [0.29, 0.717) is 19.1 Å². The van der Waals surface area contributed by atoms with Gasteiger partial charge < -0.3 is 5.32 Å². The Labute approximate surface area is 130 Å². The van der Waals surface area contributed by atoms with E-state index >= 15 is 0 Å². The lowest BCUT2D eigenvalue weighted by Gasteiger charge is -2.23. The van der Waals surface area contributed by atoms with Crippen molar-refractivity contribution in [3.8, 4) is 0 Å². The third kappa shape index (κ3) is 5.00. The molecule has 3 nitrogen and oxygen atoms in total. The highest BCUT2D eigenvalue weighted by molar-refractivity contribution is 7.99. The number of carbonyl (C=O) groups excluding carboxylic acids is 1. The summed E-state index contributed by atoms with van der Waals surface area (Å²) in [4.78, 5) is 14.1. The Morgan fingerprint density at radius 2 is 2.10 bits per heavy atom. The minimum atomic E-state index is -0.255. The molecular formula is C16H23FN2OS. The minimum Gasteiger partial charge on any atom is -0.351 e. The van der Waals surface area contributed by atoms with E-state index in [1.165, 1.54) is 31.4 Å². The van der Waals surface area contributed by atoms with Gasteiger partial charge in [-0.25, -0.2) is 4.39 Å². The van der Waals surface area contributed by atoms with Crippen molar-refractivity contribution in [2.75, 3.05) is 19.8 Å². The Kier molecular flexibility index (Phi) is 6.06. The lowest BCUT2D eigenvalue weighted by Crippen LogP contribution is -2.39. The molecule has 0 heterocycles. The van der Waals surface area contributed by atoms with Crippen molar-refractivity contribution in [2.45, 2.75) is 37.1 Å². The van der Waals surface area contributed by atoms with E-state index in [4.69, 9.17) is 0 Å². The molecule has 1 N–H and O–H groups in total. The van der Waals surface area contributed by atoms with Crippen LogP contribution in [0, 0.1) is 5.82 Å². The third-order valence-electron chi connectivity index (χ3n) is 4.11. The molecule has 1 aromatic rings. The van der Waals surface area contributed by atoms with Gasteiger partial charge in [-0.2, -0.15) is 11.8 Å². The summed E-state index contributed by atoms with van der Waals surface area (Å²) in [5.74, 6) is -0.233. The van der Waals surface area contributed by atoms with Crippen LogP contribution in [0.15, 0.2) is 24.3 Å². The topological polar surface area (TPSA) is 32.3 Å². The molecule has 2 rings (SSSR count). The second-order valence-electron chi connectivity index (χ2n) is 5.64. The van der Waals surface area contributed by atoms with Crippen LogP contribution in [0.25, 0.3) is 0 Å². The van der Waals surface area contributed by atoms with Crippen molar-refractivity contribution in [2.24, 2.45) is 0 Å². The van der Waals surface area contributed by atoms with E-state index in [2.05, 4.69) is 16.5 Å². The number of halogens is 1. The molecule has 0 aliphatic heterocycles. The quantitative estimate of drug-likeness (QED) is 0.877. The van der Waals surface area contributed by atoms with Crippen LogP contribution in [0.3, 0.4) is 0 Å². The summed E-state index contributed by atoms with van der Waals surface area (Å²) >= 11 is 1.92. The number of nitrogens with one attached hydrogen (secondary N) is 1. The number of carbonyl (C=O) groups is 1. The smallest absolute Gasteiger partial charge is 0.234 e. The Morgan fingerprint density at radius 1 is 1.38 bits per heavy atom. The van der Waals surface area contributed by atoms with Gasteiger partial charge in [0.05, 0.1) is 6.54 Å². The fourth-order valence-electron chi connectivity index (χ4n) is 2.75. The average molecular weight is 310 g/mol. The standard InChI is InChI=1S/C16H23FN2OS/c1-19(14-7-8-15(9-14)21-2)11-16(20)18-10-12-3-5-13(17)6-4-12/h3-6,14-15H,7-11H2,1-2H3,(H,18,20). The normalized spacial score (nSPS) is 21.7. The molecule has 0 aromatic heterocycles. The lowest BCUT2D eigenvalue weighted by molar-refractivity contribution is -0.122. The van der Waals surface area contributed by atoms with Crippen molar-refractivity contribution in [3.63, 3.8) is 0 Å². The van der Waals surface area contributed by atoms with E-state index in [1.54, 1.807) is 12.1 Å². The van der Waals surface area contributed by atoms with E-state index in [-0.39, 0.29) is 11.7 Å². The van der Waals surface area contributed by atoms with Crippen LogP contribution in [-0.2, 0) is 11.3 Å². The maximum Gasteiger partial charge on any atom is 0.234 e. The van der Waals surface area contributed by atoms with Crippen molar-refractivity contribution < 1.29 is 9.18 Å². The van der Waals surface area contributed by atoms with Gasteiger partial charge in [0.1, 0.15) is 5.82 Å². The zero-order chi connectivity index (χ0) is 15.2. The Balaban J connectivity index is 1.73. The first-order valence-corrected chi connectivity index (χ1v) is 8.61. The van der Waals surface area contributed by atoms with Gasteiger partial charge in [0, 0.05) is 17.8 Å². The van der Waals surface area contributed by atoms with Crippen molar-refractivity contribution in [1.29, 1.82) is 0 Å². The summed E-state index contributed by atoms with van der Waals surface area (Å²) in [7, 11) is 2.02. The fraction of sp³-hybridized carbons (Fsp3) is 0.562. The molecule has 0 radical (unpaired) electrons. The predicted molar refractivity (Wildman–Crippen MR) is 85.8 cm³/mol. The second kappa shape index (κ2) is 7.80. The fourth-order valence-corrected chi connectivity index (χ4v) is 3.53. The van der Waals surface area contributed by atoms with Gasteiger partial charge in [-0.15, -0.1) is 0 Å². The first kappa shape index (κ1) is 16.3. The van der Waals surface area contributed by atoms with Crippen LogP contribution in [-0.4, -0.2) is 41.9 Å². The van der Waals surface area contributed by atoms with Crippen molar-refractivity contribution in [3.05, 3.63) is 35.6 Å². The Bertz CT molecular complexity index is 466. The Hall–Kier alpha value is -1.07. The number of nitrogens with zero attached hydrogens (tertiary/aromatic N) is 1. The van der Waals surface area contributed by atoms with Gasteiger partial charge in [0.2, 0.25) is 5.91 Å². The molecule has 1 aliphatic carbocycles. The molecule has 5 heteroatoms. The van der Waals surface area contributed by atoms with Gasteiger partial charge in [-0.3, -0.25) is 9.69 Å². The molecule has 2 atom stereocenters. The number of hydrogen-bond donors (Lipinski definition) is 1. The number of benzene rings is 1. The minimum absolute atomic E-state index is 0.0226. The molecule has 116 valence electrons. The first-order chi connectivity index (χ1) is 10.1. The van der Waals surface area contributed by atoms with Gasteiger partial charge in [0.15, 0.2) is 0 Å². The number of amides is 1. The molecule has 1 saturated carbocycles. The zero-order valence-corrected chi connectivity index (χ0v) is 13.5. The molecule has 0 bridgehead atoms. The number of hydrogen-bond acceptors (Lipinski definition) is 3. The number of rotatable bonds is 6. The van der Waals surface area contributed by atoms with Crippen LogP contribution in [0.2, 0.25) is 0 Å². The molecule has 1 aromatic carbocycles. The summed E-state index contributed by atoms with van der Waals surface area (Å²) in [5, 5.41) is 3.63. The maximum absolute atomic E-state index is 12.8. The Morgan fingerprint density at radius 3 is 2.71 bits per heavy atom. The summed E-state index contributed by atoms with van der Waals surface area (Å²) in [6.07, 6.45) is 5.74. The summed E-state index contributed by atoms with van der Waals surface area (Å²) in [6, 6.07) is 6.72. The van der Waals surface area contributed by atoms with E-state index in [0.717, 1.165) is 10.8 Å². The largest absolute Gasteiger partial charge is 0.351 e. The predicted octanol–water partition coefficient (Wildman–Crippen LogP) is 2.66. The highest BCUT2D eigenvalue weighted by Gasteiger charge is 2.27. The van der Waals surface area contributed by atoms with Gasteiger partial charge >= 0.3 is 0 Å². The summed E-state index contributed by atoms with van der Waals surface area (Å²) < 4.78 is 12.8. The van der Waals surface area contributed by atoms with Crippen LogP contribution >= 0.6 is 11.8 Å². The van der Waals surface area contributed by atoms with Gasteiger partial charge in [-0.05, 0) is 50.3 Å². The lowest BCUT2D eigenvalue weighted by atomic mass is 10.2. The van der Waals surface area contributed by atoms with Crippen LogP contribution < -0.4 is 5.32 Å². The third-order valence-corrected chi connectivity index (χ3v) is 5.20. The van der Waals surface area contributed by atoms with E-state index < -0.39 is 0 Å². The molecule has 1 amide bonds. The van der Waals surface area contributed by atoms with Crippen LogP contribution in [0.1, 0.15) is 24.8 Å². The molecular weight excluding hydrogens is 287 g/mol. The van der Waals surface area contributed by atoms with Crippen LogP contribution in [0.5, 0.6) is 0 Å². The molecule has 0 spiro atoms. The van der Waals surface area contributed by atoms with Crippen molar-refractivity contribution in [1.82, 2.24) is 10.2 Å². The number of likely N-dealkylation sites (N-methyl/N-ethyl adjacent to an activating group) is 1. The highest BCUT2D eigenvalue weighted by atomic mass is 32.2. The monoisotopic (exact) mass is 310 g/mol. The molecule has 1 fully saturated rings. The van der Waals surface area contributed by atoms with Gasteiger partial charge in [-0.1, -0.05) is 12.1 Å². The van der Waals surface area contributed by atoms with E-state index in [1.807, 2.05) is 18.8 Å². The molecule has 1 aliphatic rings.